The van der Waals surface area contributed by atoms with E-state index < -0.39 is 5.97 Å². The highest BCUT2D eigenvalue weighted by Gasteiger charge is 1.95. The lowest BCUT2D eigenvalue weighted by atomic mass is 10.1. The largest absolute Gasteiger partial charge is 0.478 e. The number of carboxylic acid groups (broad SMARTS) is 1. The number of esters is 2. The van der Waals surface area contributed by atoms with Crippen molar-refractivity contribution in [3.63, 3.8) is 0 Å². The molecule has 2 aromatic rings. The van der Waals surface area contributed by atoms with Crippen molar-refractivity contribution >= 4 is 29.6 Å². The number of carboxylic acids is 1. The van der Waals surface area contributed by atoms with E-state index in [4.69, 9.17) is 5.11 Å². The van der Waals surface area contributed by atoms with Crippen LogP contribution in [0.3, 0.4) is 0 Å². The molecule has 0 amide bonds. The number of carbonyl (C=O) groups is 3. The fourth-order valence-corrected chi connectivity index (χ4v) is 1.86. The Hall–Kier alpha value is -4.45. The normalized spacial score (nSPS) is 8.33. The van der Waals surface area contributed by atoms with Crippen LogP contribution in [0.1, 0.15) is 51.7 Å². The number of allylic oxidation sites excluding steroid dienone is 1. The van der Waals surface area contributed by atoms with Crippen molar-refractivity contribution in [1.29, 1.82) is 0 Å². The van der Waals surface area contributed by atoms with Gasteiger partial charge in [-0.15, -0.1) is 0 Å². The zero-order valence-corrected chi connectivity index (χ0v) is 24.1. The van der Waals surface area contributed by atoms with Gasteiger partial charge in [-0.3, -0.25) is 0 Å². The molecule has 2 aromatic carbocycles. The summed E-state index contributed by atoms with van der Waals surface area (Å²) in [6.45, 7) is 24.8. The molecule has 0 saturated carbocycles. The van der Waals surface area contributed by atoms with Crippen molar-refractivity contribution in [2.45, 2.75) is 40.5 Å². The van der Waals surface area contributed by atoms with E-state index in [0.29, 0.717) is 12.2 Å². The van der Waals surface area contributed by atoms with E-state index in [0.717, 1.165) is 18.4 Å². The smallest absolute Gasteiger partial charge is 0.332 e. The van der Waals surface area contributed by atoms with Crippen LogP contribution in [0.25, 0.3) is 11.6 Å². The molecule has 6 heteroatoms. The molecule has 6 nitrogen and oxygen atoms in total. The number of aliphatic carboxylic acids is 1. The van der Waals surface area contributed by atoms with Crippen LogP contribution in [0.15, 0.2) is 111 Å². The van der Waals surface area contributed by atoms with Crippen molar-refractivity contribution < 1.29 is 29.0 Å². The fourth-order valence-electron chi connectivity index (χ4n) is 1.86. The van der Waals surface area contributed by atoms with Gasteiger partial charge in [0.15, 0.2) is 0 Å². The molecule has 0 radical (unpaired) electrons. The number of ether oxygens (including phenoxy) is 2. The first-order chi connectivity index (χ1) is 18.4. The van der Waals surface area contributed by atoms with Gasteiger partial charge in [-0.05, 0) is 38.3 Å². The Kier molecular flexibility index (Phi) is 26.7. The second kappa shape index (κ2) is 26.6. The molecule has 0 saturated heterocycles. The zero-order chi connectivity index (χ0) is 30.6. The van der Waals surface area contributed by atoms with Crippen LogP contribution in [0.2, 0.25) is 0 Å². The summed E-state index contributed by atoms with van der Waals surface area (Å²) in [4.78, 5) is 30.1. The van der Waals surface area contributed by atoms with Gasteiger partial charge in [0, 0.05) is 17.2 Å². The van der Waals surface area contributed by atoms with Crippen LogP contribution in [-0.4, -0.2) is 36.7 Å². The molecule has 212 valence electrons. The van der Waals surface area contributed by atoms with Crippen molar-refractivity contribution in [2.75, 3.05) is 13.7 Å². The SMILES string of the molecule is C=C(C)C(=O)O.C=C(C)C(=O)OC.C=C(C)c1ccccc1.C=CC(=O)OCCCC.C=Cc1ccccc1. The van der Waals surface area contributed by atoms with Crippen LogP contribution in [0, 0.1) is 0 Å². The average Bonchev–Trinajstić information content (AvgIpc) is 2.94. The maximum absolute atomic E-state index is 10.3. The minimum atomic E-state index is -0.935. The number of hydrogen-bond donors (Lipinski definition) is 1. The minimum absolute atomic E-state index is 0.176. The summed E-state index contributed by atoms with van der Waals surface area (Å²) in [7, 11) is 1.33. The Morgan fingerprint density at radius 1 is 0.846 bits per heavy atom. The standard InChI is InChI=1S/C9H10.C8H8.C7H12O2.C5H8O2.C4H6O2/c1-8(2)9-6-4-3-5-7-9;1-2-8-6-4-3-5-7-8;1-3-5-6-9-7(8)4-2;1-4(2)5(6)7-3;1-3(2)4(5)6/h3-7H,1H2,2H3;2-7H,1H2;4H,2-3,5-6H2,1H3;1H2,2-3H3;1H2,2H3,(H,5,6). The highest BCUT2D eigenvalue weighted by molar-refractivity contribution is 5.86. The number of unbranched alkanes of at least 4 members (excludes halogenated alkanes) is 1. The van der Waals surface area contributed by atoms with E-state index in [1.165, 1.54) is 31.2 Å². The predicted octanol–water partition coefficient (Wildman–Crippen LogP) is 7.95. The van der Waals surface area contributed by atoms with Gasteiger partial charge in [0.25, 0.3) is 0 Å². The topological polar surface area (TPSA) is 89.9 Å². The lowest BCUT2D eigenvalue weighted by Gasteiger charge is -1.97. The predicted molar refractivity (Wildman–Crippen MR) is 163 cm³/mol. The molecule has 39 heavy (non-hydrogen) atoms. The molecular formula is C33H44O6. The summed E-state index contributed by atoms with van der Waals surface area (Å²) >= 11 is 0. The van der Waals surface area contributed by atoms with Crippen LogP contribution in [0.5, 0.6) is 0 Å². The Balaban J connectivity index is -0.000000419. The van der Waals surface area contributed by atoms with E-state index in [-0.39, 0.29) is 17.5 Å². The van der Waals surface area contributed by atoms with Crippen LogP contribution in [0.4, 0.5) is 0 Å². The van der Waals surface area contributed by atoms with Gasteiger partial charge in [0.05, 0.1) is 13.7 Å². The van der Waals surface area contributed by atoms with Gasteiger partial charge < -0.3 is 14.6 Å². The van der Waals surface area contributed by atoms with Gasteiger partial charge in [-0.1, -0.05) is 119 Å². The first kappa shape index (κ1) is 39.1. The summed E-state index contributed by atoms with van der Waals surface area (Å²) in [6.07, 6.45) is 4.99. The van der Waals surface area contributed by atoms with E-state index >= 15 is 0 Å². The lowest BCUT2D eigenvalue weighted by Crippen LogP contribution is -2.00. The van der Waals surface area contributed by atoms with Gasteiger partial charge in [0.1, 0.15) is 0 Å². The quantitative estimate of drug-likeness (QED) is 0.209. The summed E-state index contributed by atoms with van der Waals surface area (Å²) in [6, 6.07) is 20.2. The van der Waals surface area contributed by atoms with E-state index in [1.807, 2.05) is 68.5 Å². The van der Waals surface area contributed by atoms with Crippen molar-refractivity contribution in [1.82, 2.24) is 0 Å². The Labute approximate surface area is 234 Å². The molecule has 0 bridgehead atoms. The molecule has 0 heterocycles. The van der Waals surface area contributed by atoms with Gasteiger partial charge in [0.2, 0.25) is 0 Å². The second-order valence-corrected chi connectivity index (χ2v) is 7.84. The number of rotatable bonds is 8. The molecule has 0 atom stereocenters. The first-order valence-electron chi connectivity index (χ1n) is 12.2. The number of methoxy groups -OCH3 is 1. The molecule has 0 fully saturated rings. The number of hydrogen-bond acceptors (Lipinski definition) is 5. The highest BCUT2D eigenvalue weighted by Crippen LogP contribution is 2.08. The molecule has 2 rings (SSSR count). The van der Waals surface area contributed by atoms with E-state index in [2.05, 4.69) is 54.5 Å². The third kappa shape index (κ3) is 28.0. The minimum Gasteiger partial charge on any atom is -0.478 e. The Morgan fingerprint density at radius 2 is 1.31 bits per heavy atom. The first-order valence-corrected chi connectivity index (χ1v) is 12.2. The van der Waals surface area contributed by atoms with Gasteiger partial charge >= 0.3 is 17.9 Å². The summed E-state index contributed by atoms with van der Waals surface area (Å²) in [5.74, 6) is -1.61. The average molecular weight is 537 g/mol. The van der Waals surface area contributed by atoms with Crippen molar-refractivity contribution in [2.24, 2.45) is 0 Å². The Bertz CT molecular complexity index is 1010. The zero-order valence-electron chi connectivity index (χ0n) is 24.1. The fraction of sp³-hybridized carbons (Fsp3) is 0.242. The highest BCUT2D eigenvalue weighted by atomic mass is 16.5. The summed E-state index contributed by atoms with van der Waals surface area (Å²) in [5, 5.41) is 7.89. The molecule has 0 unspecified atom stereocenters. The third-order valence-electron chi connectivity index (χ3n) is 4.11. The van der Waals surface area contributed by atoms with Gasteiger partial charge in [-0.25, -0.2) is 14.4 Å². The summed E-state index contributed by atoms with van der Waals surface area (Å²) < 4.78 is 8.95. The molecular weight excluding hydrogens is 492 g/mol. The van der Waals surface area contributed by atoms with Gasteiger partial charge in [-0.2, -0.15) is 0 Å². The van der Waals surface area contributed by atoms with Crippen molar-refractivity contribution in [3.05, 3.63) is 122 Å². The number of benzene rings is 2. The molecule has 0 aliphatic carbocycles. The van der Waals surface area contributed by atoms with E-state index in [1.54, 1.807) is 6.92 Å². The lowest BCUT2D eigenvalue weighted by molar-refractivity contribution is -0.138. The molecule has 0 aliphatic heterocycles. The molecule has 0 aromatic heterocycles. The number of carbonyl (C=O) groups excluding carboxylic acids is 2. The van der Waals surface area contributed by atoms with Crippen molar-refractivity contribution in [3.8, 4) is 0 Å². The molecule has 0 aliphatic rings. The monoisotopic (exact) mass is 536 g/mol. The van der Waals surface area contributed by atoms with E-state index in [9.17, 15) is 14.4 Å². The Morgan fingerprint density at radius 3 is 1.54 bits per heavy atom. The molecule has 0 spiro atoms. The second-order valence-electron chi connectivity index (χ2n) is 7.84. The summed E-state index contributed by atoms with van der Waals surface area (Å²) in [5.41, 5.74) is 4.12. The molecule has 1 N–H and O–H groups in total. The van der Waals surface area contributed by atoms with Crippen LogP contribution in [-0.2, 0) is 23.9 Å². The van der Waals surface area contributed by atoms with Crippen LogP contribution < -0.4 is 0 Å². The maximum Gasteiger partial charge on any atom is 0.332 e. The third-order valence-corrected chi connectivity index (χ3v) is 4.11. The van der Waals surface area contributed by atoms with Crippen LogP contribution >= 0.6 is 0 Å². The maximum atomic E-state index is 10.3.